The number of hydrogen-bond donors (Lipinski definition) is 0. The Hall–Kier alpha value is 0.01000. The predicted molar refractivity (Wildman–Crippen MR) is 52.5 cm³/mol. The third-order valence-electron chi connectivity index (χ3n) is 1.76. The Morgan fingerprint density at radius 2 is 1.53 bits per heavy atom. The highest BCUT2D eigenvalue weighted by Crippen LogP contribution is 1.96. The fourth-order valence-corrected chi connectivity index (χ4v) is 0.827. The molecule has 0 saturated carbocycles. The number of halogens is 2. The molecule has 0 amide bonds. The second-order valence-electron chi connectivity index (χ2n) is 2.77. The lowest BCUT2D eigenvalue weighted by Gasteiger charge is -2.17. The summed E-state index contributed by atoms with van der Waals surface area (Å²) in [5, 5.41) is 0. The number of pyridine rings is 1. The molecule has 5 nitrogen and oxygen atoms in total. The first-order valence-electron chi connectivity index (χ1n) is 3.75. The topological polar surface area (TPSA) is 96.1 Å². The molecule has 1 rings (SSSR count). The highest BCUT2D eigenvalue weighted by Gasteiger charge is 1.99. The molecule has 0 N–H and O–H groups in total. The minimum atomic E-state index is -4.94. The van der Waals surface area contributed by atoms with Crippen molar-refractivity contribution in [3.05, 3.63) is 29.6 Å². The molecule has 0 saturated heterocycles. The SMILES string of the molecule is Cc1ccc[n+](C)c1C.I.[O-][Cl+3]([O-])([O-])[O-]. The van der Waals surface area contributed by atoms with Gasteiger partial charge in [0, 0.05) is 18.6 Å². The first-order valence-corrected chi connectivity index (χ1v) is 4.99. The summed E-state index contributed by atoms with van der Waals surface area (Å²) in [5.41, 5.74) is 2.68. The summed E-state index contributed by atoms with van der Waals surface area (Å²) < 4.78 is 36.1. The molecule has 1 aromatic rings. The molecule has 15 heavy (non-hydrogen) atoms. The van der Waals surface area contributed by atoms with Gasteiger partial charge in [-0.05, 0) is 13.0 Å². The van der Waals surface area contributed by atoms with E-state index in [9.17, 15) is 0 Å². The van der Waals surface area contributed by atoms with Crippen molar-refractivity contribution in [3.8, 4) is 0 Å². The second-order valence-corrected chi connectivity index (χ2v) is 3.52. The molecular weight excluding hydrogens is 336 g/mol. The van der Waals surface area contributed by atoms with Crippen LogP contribution < -0.4 is 23.2 Å². The van der Waals surface area contributed by atoms with E-state index in [1.807, 2.05) is 0 Å². The molecule has 0 aromatic carbocycles. The van der Waals surface area contributed by atoms with Crippen LogP contribution in [0.4, 0.5) is 0 Å². The smallest absolute Gasteiger partial charge is 0.180 e. The lowest BCUT2D eigenvalue weighted by molar-refractivity contribution is -2.00. The quantitative estimate of drug-likeness (QED) is 0.368. The molecule has 0 aliphatic carbocycles. The maximum absolute atomic E-state index is 8.49. The summed E-state index contributed by atoms with van der Waals surface area (Å²) in [6.07, 6.45) is 2.06. The van der Waals surface area contributed by atoms with Gasteiger partial charge in [0.1, 0.15) is 7.05 Å². The van der Waals surface area contributed by atoms with Gasteiger partial charge in [0.2, 0.25) is 0 Å². The zero-order valence-electron chi connectivity index (χ0n) is 8.60. The average Bonchev–Trinajstić information content (AvgIpc) is 1.97. The molecule has 1 heterocycles. The van der Waals surface area contributed by atoms with Gasteiger partial charge < -0.3 is 0 Å². The van der Waals surface area contributed by atoms with Crippen LogP contribution in [0.1, 0.15) is 11.3 Å². The Labute approximate surface area is 108 Å². The molecule has 0 bridgehead atoms. The van der Waals surface area contributed by atoms with Crippen molar-refractivity contribution in [1.29, 1.82) is 0 Å². The van der Waals surface area contributed by atoms with Crippen LogP contribution in [0.15, 0.2) is 18.3 Å². The van der Waals surface area contributed by atoms with Gasteiger partial charge in [-0.15, -0.1) is 34.2 Å². The minimum absolute atomic E-state index is 0. The molecule has 0 aliphatic heterocycles. The third-order valence-corrected chi connectivity index (χ3v) is 1.76. The fraction of sp³-hybridized carbons (Fsp3) is 0.375. The van der Waals surface area contributed by atoms with Gasteiger partial charge in [0.05, 0.1) is 0 Å². The largest absolute Gasteiger partial charge is 0.222 e. The van der Waals surface area contributed by atoms with Crippen molar-refractivity contribution in [2.24, 2.45) is 7.05 Å². The summed E-state index contributed by atoms with van der Waals surface area (Å²) in [6, 6.07) is 4.18. The van der Waals surface area contributed by atoms with Crippen LogP contribution in [0.25, 0.3) is 0 Å². The number of rotatable bonds is 0. The van der Waals surface area contributed by atoms with E-state index in [1.54, 1.807) is 0 Å². The molecule has 1 aromatic heterocycles. The lowest BCUT2D eigenvalue weighted by Crippen LogP contribution is -2.68. The number of hydrogen-bond acceptors (Lipinski definition) is 4. The Kier molecular flexibility index (Phi) is 8.48. The van der Waals surface area contributed by atoms with Gasteiger partial charge in [-0.1, -0.05) is 0 Å². The van der Waals surface area contributed by atoms with E-state index in [1.165, 1.54) is 11.3 Å². The van der Waals surface area contributed by atoms with Crippen molar-refractivity contribution in [2.45, 2.75) is 13.8 Å². The zero-order chi connectivity index (χ0) is 11.4. The van der Waals surface area contributed by atoms with E-state index < -0.39 is 10.2 Å². The van der Waals surface area contributed by atoms with Crippen molar-refractivity contribution in [3.63, 3.8) is 0 Å². The van der Waals surface area contributed by atoms with E-state index in [-0.39, 0.29) is 24.0 Å². The summed E-state index contributed by atoms with van der Waals surface area (Å²) in [5.74, 6) is 0. The van der Waals surface area contributed by atoms with Crippen LogP contribution in [0.3, 0.4) is 0 Å². The van der Waals surface area contributed by atoms with E-state index >= 15 is 0 Å². The van der Waals surface area contributed by atoms with Crippen molar-refractivity contribution < 1.29 is 33.4 Å². The van der Waals surface area contributed by atoms with Gasteiger partial charge in [0.15, 0.2) is 11.9 Å². The number of aryl methyl sites for hydroxylation is 2. The van der Waals surface area contributed by atoms with Crippen LogP contribution in [0.2, 0.25) is 0 Å². The van der Waals surface area contributed by atoms with Gasteiger partial charge in [0.25, 0.3) is 0 Å². The molecule has 0 radical (unpaired) electrons. The van der Waals surface area contributed by atoms with Crippen molar-refractivity contribution >= 4 is 24.0 Å². The van der Waals surface area contributed by atoms with Crippen LogP contribution >= 0.6 is 24.0 Å². The van der Waals surface area contributed by atoms with E-state index in [0.29, 0.717) is 0 Å². The molecular formula is C8H13ClINO4. The summed E-state index contributed by atoms with van der Waals surface area (Å²) in [6.45, 7) is 4.24. The Morgan fingerprint density at radius 1 is 1.13 bits per heavy atom. The highest BCUT2D eigenvalue weighted by molar-refractivity contribution is 14.0. The normalized spacial score (nSPS) is 9.80. The van der Waals surface area contributed by atoms with Crippen LogP contribution in [0, 0.1) is 24.1 Å². The Morgan fingerprint density at radius 3 is 1.80 bits per heavy atom. The summed E-state index contributed by atoms with van der Waals surface area (Å²) in [4.78, 5) is 0. The first kappa shape index (κ1) is 17.4. The highest BCUT2D eigenvalue weighted by atomic mass is 127. The van der Waals surface area contributed by atoms with Crippen LogP contribution in [-0.4, -0.2) is 0 Å². The van der Waals surface area contributed by atoms with Gasteiger partial charge in [-0.3, -0.25) is 0 Å². The first-order chi connectivity index (χ1) is 6.22. The molecule has 7 heteroatoms. The van der Waals surface area contributed by atoms with Gasteiger partial charge in [-0.25, -0.2) is 23.2 Å². The molecule has 0 atom stereocenters. The minimum Gasteiger partial charge on any atom is -0.222 e. The molecule has 0 fully saturated rings. The van der Waals surface area contributed by atoms with E-state index in [0.717, 1.165) is 0 Å². The average molecular weight is 350 g/mol. The number of nitrogens with zero attached hydrogens (tertiary/aromatic N) is 1. The second kappa shape index (κ2) is 7.31. The molecule has 0 aliphatic rings. The molecule has 0 unspecified atom stereocenters. The molecule has 0 spiro atoms. The maximum atomic E-state index is 8.49. The Balaban J connectivity index is 0. The fourth-order valence-electron chi connectivity index (χ4n) is 0.827. The van der Waals surface area contributed by atoms with Crippen molar-refractivity contribution in [1.82, 2.24) is 0 Å². The molecule has 88 valence electrons. The Bertz CT molecular complexity index is 277. The van der Waals surface area contributed by atoms with Crippen molar-refractivity contribution in [2.75, 3.05) is 0 Å². The van der Waals surface area contributed by atoms with E-state index in [2.05, 4.69) is 43.8 Å². The van der Waals surface area contributed by atoms with Crippen LogP contribution in [0.5, 0.6) is 0 Å². The maximum Gasteiger partial charge on any atom is 0.180 e. The summed E-state index contributed by atoms with van der Waals surface area (Å²) >= 11 is 0. The van der Waals surface area contributed by atoms with E-state index in [4.69, 9.17) is 18.6 Å². The third kappa shape index (κ3) is 10.3. The summed E-state index contributed by atoms with van der Waals surface area (Å²) in [7, 11) is -2.89. The zero-order valence-corrected chi connectivity index (χ0v) is 11.7. The standard InChI is InChI=1S/C8H12N.ClHO4.HI/c1-7-5-4-6-9(3)8(7)2;2-1(3,4)5;/h4-6H,1-3H3;(H,2,3,4,5);1H/q+1;;/p-1. The van der Waals surface area contributed by atoms with Gasteiger partial charge >= 0.3 is 0 Å². The van der Waals surface area contributed by atoms with Gasteiger partial charge in [-0.2, -0.15) is 0 Å². The van der Waals surface area contributed by atoms with Crippen LogP contribution in [-0.2, 0) is 7.05 Å². The monoisotopic (exact) mass is 349 g/mol. The number of aromatic nitrogens is 1. The lowest BCUT2D eigenvalue weighted by atomic mass is 10.2. The predicted octanol–water partition coefficient (Wildman–Crippen LogP) is -3.01.